The van der Waals surface area contributed by atoms with Crippen LogP contribution in [-0.2, 0) is 12.8 Å². The molecule has 3 nitrogen and oxygen atoms in total. The summed E-state index contributed by atoms with van der Waals surface area (Å²) in [5.41, 5.74) is -1.03. The van der Waals surface area contributed by atoms with E-state index in [9.17, 15) is 13.2 Å². The number of aliphatic hydroxyl groups excluding tert-OH is 1. The highest BCUT2D eigenvalue weighted by atomic mass is 19.4. The van der Waals surface area contributed by atoms with E-state index in [1.54, 1.807) is 13.8 Å². The molecule has 0 saturated carbocycles. The Balaban J connectivity index is 3.23. The summed E-state index contributed by atoms with van der Waals surface area (Å²) in [6.45, 7) is 2.79. The van der Waals surface area contributed by atoms with Crippen LogP contribution in [0.5, 0.6) is 0 Å². The molecule has 0 amide bonds. The molecule has 0 fully saturated rings. The summed E-state index contributed by atoms with van der Waals surface area (Å²) < 4.78 is 38.9. The second kappa shape index (κ2) is 4.22. The predicted molar refractivity (Wildman–Crippen MR) is 48.2 cm³/mol. The fraction of sp³-hybridized carbons (Fsp3) is 0.667. The minimum absolute atomic E-state index is 0.178. The van der Waals surface area contributed by atoms with Gasteiger partial charge in [0.05, 0.1) is 12.8 Å². The van der Waals surface area contributed by atoms with Gasteiger partial charge in [0.15, 0.2) is 0 Å². The van der Waals surface area contributed by atoms with Gasteiger partial charge >= 0.3 is 6.18 Å². The van der Waals surface area contributed by atoms with Gasteiger partial charge in [-0.3, -0.25) is 4.68 Å². The van der Waals surface area contributed by atoms with Crippen LogP contribution in [0.4, 0.5) is 13.2 Å². The van der Waals surface area contributed by atoms with Crippen molar-refractivity contribution in [2.45, 2.75) is 39.1 Å². The zero-order chi connectivity index (χ0) is 11.6. The van der Waals surface area contributed by atoms with E-state index in [1.807, 2.05) is 0 Å². The maximum atomic E-state index is 12.7. The van der Waals surface area contributed by atoms with Crippen LogP contribution in [-0.4, -0.2) is 14.9 Å². The summed E-state index contributed by atoms with van der Waals surface area (Å²) in [5, 5.41) is 12.5. The molecule has 0 spiro atoms. The van der Waals surface area contributed by atoms with Crippen LogP contribution in [0.1, 0.15) is 37.6 Å². The average molecular weight is 222 g/mol. The normalized spacial score (nSPS) is 14.3. The zero-order valence-corrected chi connectivity index (χ0v) is 8.54. The number of hydrogen-bond donors (Lipinski definition) is 1. The minimum atomic E-state index is -4.47. The third-order valence-electron chi connectivity index (χ3n) is 2.32. The van der Waals surface area contributed by atoms with Gasteiger partial charge in [-0.25, -0.2) is 0 Å². The van der Waals surface area contributed by atoms with Gasteiger partial charge in [-0.05, 0) is 13.3 Å². The van der Waals surface area contributed by atoms with Crippen molar-refractivity contribution < 1.29 is 18.3 Å². The van der Waals surface area contributed by atoms with E-state index in [0.29, 0.717) is 6.42 Å². The van der Waals surface area contributed by atoms with Crippen molar-refractivity contribution in [2.75, 3.05) is 0 Å². The lowest BCUT2D eigenvalue weighted by Crippen LogP contribution is -2.19. The summed E-state index contributed by atoms with van der Waals surface area (Å²) in [5.74, 6) is 0. The van der Waals surface area contributed by atoms with Gasteiger partial charge < -0.3 is 5.11 Å². The molecule has 0 aromatic carbocycles. The first kappa shape index (κ1) is 12.0. The first-order valence-electron chi connectivity index (χ1n) is 4.66. The van der Waals surface area contributed by atoms with Gasteiger partial charge in [-0.2, -0.15) is 18.3 Å². The lowest BCUT2D eigenvalue weighted by molar-refractivity contribution is -0.146. The SMILES string of the molecule is CCC(C)n1ncc(CO)c1C(F)(F)F. The van der Waals surface area contributed by atoms with Crippen LogP contribution < -0.4 is 0 Å². The number of hydrogen-bond acceptors (Lipinski definition) is 2. The Hall–Kier alpha value is -1.04. The van der Waals surface area contributed by atoms with Crippen LogP contribution in [0.2, 0.25) is 0 Å². The Kier molecular flexibility index (Phi) is 3.38. The standard InChI is InChI=1S/C9H13F3N2O/c1-3-6(2)14-8(9(10,11)12)7(5-15)4-13-14/h4,6,15H,3,5H2,1-2H3. The summed E-state index contributed by atoms with van der Waals surface area (Å²) in [6.07, 6.45) is -2.86. The van der Waals surface area contributed by atoms with E-state index >= 15 is 0 Å². The van der Waals surface area contributed by atoms with Gasteiger partial charge in [0.2, 0.25) is 0 Å². The molecule has 1 atom stereocenters. The summed E-state index contributed by atoms with van der Waals surface area (Å²) in [7, 11) is 0. The number of nitrogens with zero attached hydrogens (tertiary/aromatic N) is 2. The van der Waals surface area contributed by atoms with Crippen LogP contribution in [0.15, 0.2) is 6.20 Å². The summed E-state index contributed by atoms with van der Waals surface area (Å²) in [6, 6.07) is -0.332. The Morgan fingerprint density at radius 1 is 1.53 bits per heavy atom. The number of aliphatic hydroxyl groups is 1. The van der Waals surface area contributed by atoms with E-state index in [0.717, 1.165) is 10.9 Å². The number of halogens is 3. The Bertz CT molecular complexity index is 333. The second-order valence-electron chi connectivity index (χ2n) is 3.38. The van der Waals surface area contributed by atoms with E-state index in [2.05, 4.69) is 5.10 Å². The molecule has 0 saturated heterocycles. The molecule has 1 heterocycles. The van der Waals surface area contributed by atoms with Crippen LogP contribution in [0, 0.1) is 0 Å². The van der Waals surface area contributed by atoms with Crippen LogP contribution in [0.25, 0.3) is 0 Å². The van der Waals surface area contributed by atoms with E-state index in [-0.39, 0.29) is 11.6 Å². The molecule has 1 N–H and O–H groups in total. The van der Waals surface area contributed by atoms with Crippen molar-refractivity contribution in [2.24, 2.45) is 0 Å². The average Bonchev–Trinajstić information content (AvgIpc) is 2.59. The Morgan fingerprint density at radius 2 is 2.13 bits per heavy atom. The highest BCUT2D eigenvalue weighted by Gasteiger charge is 2.38. The Morgan fingerprint density at radius 3 is 2.53 bits per heavy atom. The third kappa shape index (κ3) is 2.31. The molecule has 0 radical (unpaired) electrons. The van der Waals surface area contributed by atoms with Gasteiger partial charge in [-0.1, -0.05) is 6.92 Å². The lowest BCUT2D eigenvalue weighted by Gasteiger charge is -2.16. The first-order chi connectivity index (χ1) is 6.91. The molecule has 1 aromatic rings. The van der Waals surface area contributed by atoms with Crippen LogP contribution in [0.3, 0.4) is 0 Å². The maximum absolute atomic E-state index is 12.7. The molecule has 0 aliphatic carbocycles. The highest BCUT2D eigenvalue weighted by molar-refractivity contribution is 5.20. The van der Waals surface area contributed by atoms with Crippen molar-refractivity contribution in [3.05, 3.63) is 17.5 Å². The second-order valence-corrected chi connectivity index (χ2v) is 3.38. The van der Waals surface area contributed by atoms with Gasteiger partial charge in [0, 0.05) is 11.6 Å². The van der Waals surface area contributed by atoms with Crippen molar-refractivity contribution in [3.63, 3.8) is 0 Å². The molecule has 1 rings (SSSR count). The molecule has 6 heteroatoms. The number of aromatic nitrogens is 2. The van der Waals surface area contributed by atoms with Crippen molar-refractivity contribution in [1.29, 1.82) is 0 Å². The van der Waals surface area contributed by atoms with Crippen molar-refractivity contribution in [1.82, 2.24) is 9.78 Å². The largest absolute Gasteiger partial charge is 0.433 e. The molecule has 15 heavy (non-hydrogen) atoms. The third-order valence-corrected chi connectivity index (χ3v) is 2.32. The topological polar surface area (TPSA) is 38.0 Å². The molecule has 0 aliphatic rings. The predicted octanol–water partition coefficient (Wildman–Crippen LogP) is 2.37. The molecule has 0 aliphatic heterocycles. The number of alkyl halides is 3. The first-order valence-corrected chi connectivity index (χ1v) is 4.66. The Labute approximate surface area is 85.5 Å². The van der Waals surface area contributed by atoms with Gasteiger partial charge in [0.1, 0.15) is 5.69 Å². The molecular weight excluding hydrogens is 209 g/mol. The molecule has 0 bridgehead atoms. The lowest BCUT2D eigenvalue weighted by atomic mass is 10.2. The van der Waals surface area contributed by atoms with Crippen LogP contribution >= 0.6 is 0 Å². The van der Waals surface area contributed by atoms with Gasteiger partial charge in [0.25, 0.3) is 0 Å². The maximum Gasteiger partial charge on any atom is 0.433 e. The van der Waals surface area contributed by atoms with Crippen molar-refractivity contribution in [3.8, 4) is 0 Å². The molecule has 1 unspecified atom stereocenters. The smallest absolute Gasteiger partial charge is 0.392 e. The van der Waals surface area contributed by atoms with Crippen molar-refractivity contribution >= 4 is 0 Å². The van der Waals surface area contributed by atoms with Gasteiger partial charge in [-0.15, -0.1) is 0 Å². The quantitative estimate of drug-likeness (QED) is 0.852. The zero-order valence-electron chi connectivity index (χ0n) is 8.54. The number of rotatable bonds is 3. The highest BCUT2D eigenvalue weighted by Crippen LogP contribution is 2.33. The summed E-state index contributed by atoms with van der Waals surface area (Å²) in [4.78, 5) is 0. The fourth-order valence-electron chi connectivity index (χ4n) is 1.33. The fourth-order valence-corrected chi connectivity index (χ4v) is 1.33. The monoisotopic (exact) mass is 222 g/mol. The van der Waals surface area contributed by atoms with E-state index < -0.39 is 18.5 Å². The minimum Gasteiger partial charge on any atom is -0.392 e. The summed E-state index contributed by atoms with van der Waals surface area (Å²) >= 11 is 0. The van der Waals surface area contributed by atoms with E-state index in [1.165, 1.54) is 0 Å². The van der Waals surface area contributed by atoms with E-state index in [4.69, 9.17) is 5.11 Å². The molecule has 1 aromatic heterocycles. The molecular formula is C9H13F3N2O. The molecule has 86 valence electrons.